The average Bonchev–Trinajstić information content (AvgIpc) is 2.03. The molecule has 0 bridgehead atoms. The third kappa shape index (κ3) is 1.30. The van der Waals surface area contributed by atoms with Gasteiger partial charge in [-0.2, -0.15) is 0 Å². The largest absolute Gasteiger partial charge is 0.484 e. The molecule has 0 atom stereocenters. The maximum absolute atomic E-state index is 5.59. The van der Waals surface area contributed by atoms with Crippen LogP contribution in [0, 0.1) is 0 Å². The minimum atomic E-state index is 0.451. The standard InChI is InChI=1S/C8H6BNOS/c9-5-1-2-7-6(3-5)10-8(12)4-11-7/h1-3H,4H2,(H,10,12). The molecule has 1 aromatic carbocycles. The lowest BCUT2D eigenvalue weighted by Gasteiger charge is -2.19. The van der Waals surface area contributed by atoms with Gasteiger partial charge < -0.3 is 10.1 Å². The Morgan fingerprint density at radius 2 is 2.33 bits per heavy atom. The lowest BCUT2D eigenvalue weighted by molar-refractivity contribution is 0.375. The molecule has 0 amide bonds. The second-order valence-electron chi connectivity index (χ2n) is 2.59. The first-order valence-corrected chi connectivity index (χ1v) is 3.99. The monoisotopic (exact) mass is 175 g/mol. The molecule has 0 spiro atoms. The van der Waals surface area contributed by atoms with Gasteiger partial charge in [0.2, 0.25) is 0 Å². The fourth-order valence-electron chi connectivity index (χ4n) is 1.10. The highest BCUT2D eigenvalue weighted by Crippen LogP contribution is 2.25. The quantitative estimate of drug-likeness (QED) is 0.461. The van der Waals surface area contributed by atoms with Crippen LogP contribution in [-0.4, -0.2) is 19.4 Å². The summed E-state index contributed by atoms with van der Waals surface area (Å²) in [4.78, 5) is 0.688. The van der Waals surface area contributed by atoms with E-state index in [1.807, 2.05) is 6.07 Å². The highest BCUT2D eigenvalue weighted by Gasteiger charge is 2.11. The Kier molecular flexibility index (Phi) is 1.77. The molecule has 1 aliphatic rings. The summed E-state index contributed by atoms with van der Waals surface area (Å²) in [6.45, 7) is 0.451. The molecule has 12 heavy (non-hydrogen) atoms. The predicted molar refractivity (Wildman–Crippen MR) is 53.5 cm³/mol. The molecule has 0 unspecified atom stereocenters. The van der Waals surface area contributed by atoms with Crippen LogP contribution in [0.25, 0.3) is 0 Å². The van der Waals surface area contributed by atoms with Crippen molar-refractivity contribution < 1.29 is 4.74 Å². The van der Waals surface area contributed by atoms with E-state index in [-0.39, 0.29) is 0 Å². The molecular formula is C8H6BNOS. The highest BCUT2D eigenvalue weighted by molar-refractivity contribution is 7.80. The molecule has 0 aliphatic carbocycles. The summed E-state index contributed by atoms with van der Waals surface area (Å²) in [5, 5.41) is 3.03. The number of rotatable bonds is 0. The summed E-state index contributed by atoms with van der Waals surface area (Å²) in [7, 11) is 5.59. The maximum atomic E-state index is 5.59. The Bertz CT molecular complexity index is 340. The number of hydrogen-bond acceptors (Lipinski definition) is 2. The normalized spacial score (nSPS) is 14.5. The number of ether oxygens (including phenoxy) is 1. The number of thiocarbonyl (C=S) groups is 1. The number of fused-ring (bicyclic) bond motifs is 1. The van der Waals surface area contributed by atoms with Crippen molar-refractivity contribution in [3.05, 3.63) is 18.2 Å². The molecule has 1 aromatic rings. The van der Waals surface area contributed by atoms with E-state index < -0.39 is 0 Å². The van der Waals surface area contributed by atoms with E-state index in [1.165, 1.54) is 0 Å². The lowest BCUT2D eigenvalue weighted by atomic mass is 9.95. The first-order chi connectivity index (χ1) is 5.75. The van der Waals surface area contributed by atoms with Crippen LogP contribution >= 0.6 is 12.2 Å². The summed E-state index contributed by atoms with van der Waals surface area (Å²) < 4.78 is 5.33. The van der Waals surface area contributed by atoms with Gasteiger partial charge in [-0.25, -0.2) is 0 Å². The van der Waals surface area contributed by atoms with Crippen LogP contribution in [0.2, 0.25) is 0 Å². The first-order valence-electron chi connectivity index (χ1n) is 3.58. The average molecular weight is 175 g/mol. The zero-order valence-corrected chi connectivity index (χ0v) is 7.15. The van der Waals surface area contributed by atoms with Gasteiger partial charge in [0.15, 0.2) is 0 Å². The van der Waals surface area contributed by atoms with Crippen LogP contribution in [0.1, 0.15) is 0 Å². The van der Waals surface area contributed by atoms with Gasteiger partial charge in [0.25, 0.3) is 0 Å². The van der Waals surface area contributed by atoms with E-state index >= 15 is 0 Å². The van der Waals surface area contributed by atoms with Gasteiger partial charge in [-0.1, -0.05) is 23.7 Å². The van der Waals surface area contributed by atoms with Crippen molar-refractivity contribution in [3.8, 4) is 5.75 Å². The molecule has 2 rings (SSSR count). The minimum Gasteiger partial charge on any atom is -0.484 e. The number of benzene rings is 1. The minimum absolute atomic E-state index is 0.451. The molecular weight excluding hydrogens is 169 g/mol. The van der Waals surface area contributed by atoms with E-state index in [0.717, 1.165) is 11.4 Å². The van der Waals surface area contributed by atoms with Crippen LogP contribution in [0.5, 0.6) is 5.75 Å². The van der Waals surface area contributed by atoms with E-state index in [4.69, 9.17) is 24.8 Å². The van der Waals surface area contributed by atoms with Crippen molar-refractivity contribution >= 4 is 36.2 Å². The molecule has 1 N–H and O–H groups in total. The Balaban J connectivity index is 2.44. The number of hydrogen-bond donors (Lipinski definition) is 1. The van der Waals surface area contributed by atoms with Crippen LogP contribution in [0.3, 0.4) is 0 Å². The van der Waals surface area contributed by atoms with Gasteiger partial charge in [-0.15, -0.1) is 0 Å². The zero-order valence-electron chi connectivity index (χ0n) is 6.33. The summed E-state index contributed by atoms with van der Waals surface area (Å²) in [5.74, 6) is 0.804. The molecule has 0 saturated heterocycles. The van der Waals surface area contributed by atoms with Gasteiger partial charge in [0, 0.05) is 0 Å². The molecule has 2 radical (unpaired) electrons. The molecule has 1 aliphatic heterocycles. The van der Waals surface area contributed by atoms with Gasteiger partial charge in [-0.3, -0.25) is 0 Å². The first kappa shape index (κ1) is 7.62. The lowest BCUT2D eigenvalue weighted by Crippen LogP contribution is -2.24. The fourth-order valence-corrected chi connectivity index (χ4v) is 1.27. The van der Waals surface area contributed by atoms with E-state index in [9.17, 15) is 0 Å². The van der Waals surface area contributed by atoms with Crippen molar-refractivity contribution in [1.29, 1.82) is 0 Å². The Labute approximate surface area is 77.3 Å². The number of anilines is 1. The summed E-state index contributed by atoms with van der Waals surface area (Å²) >= 11 is 4.95. The van der Waals surface area contributed by atoms with Crippen molar-refractivity contribution in [3.63, 3.8) is 0 Å². The van der Waals surface area contributed by atoms with Crippen molar-refractivity contribution in [2.45, 2.75) is 0 Å². The predicted octanol–water partition coefficient (Wildman–Crippen LogP) is 0.612. The van der Waals surface area contributed by atoms with Gasteiger partial charge >= 0.3 is 0 Å². The molecule has 0 fully saturated rings. The van der Waals surface area contributed by atoms with Crippen molar-refractivity contribution in [2.75, 3.05) is 11.9 Å². The second kappa shape index (κ2) is 2.79. The zero-order chi connectivity index (χ0) is 8.55. The summed E-state index contributed by atoms with van der Waals surface area (Å²) in [5.41, 5.74) is 1.56. The topological polar surface area (TPSA) is 21.3 Å². The third-order valence-corrected chi connectivity index (χ3v) is 1.86. The smallest absolute Gasteiger partial charge is 0.143 e. The van der Waals surface area contributed by atoms with E-state index in [1.54, 1.807) is 12.1 Å². The third-order valence-electron chi connectivity index (χ3n) is 1.64. The summed E-state index contributed by atoms with van der Waals surface area (Å²) in [6, 6.07) is 5.44. The second-order valence-corrected chi connectivity index (χ2v) is 3.09. The maximum Gasteiger partial charge on any atom is 0.143 e. The Morgan fingerprint density at radius 3 is 3.17 bits per heavy atom. The van der Waals surface area contributed by atoms with Gasteiger partial charge in [-0.05, 0) is 12.1 Å². The van der Waals surface area contributed by atoms with E-state index in [0.29, 0.717) is 17.1 Å². The van der Waals surface area contributed by atoms with Gasteiger partial charge in [0.05, 0.1) is 5.69 Å². The van der Waals surface area contributed by atoms with Crippen LogP contribution in [-0.2, 0) is 0 Å². The highest BCUT2D eigenvalue weighted by atomic mass is 32.1. The van der Waals surface area contributed by atoms with Crippen LogP contribution in [0.4, 0.5) is 5.69 Å². The van der Waals surface area contributed by atoms with E-state index in [2.05, 4.69) is 5.32 Å². The van der Waals surface area contributed by atoms with Gasteiger partial charge in [0.1, 0.15) is 25.2 Å². The molecule has 2 nitrogen and oxygen atoms in total. The SMILES string of the molecule is [B]c1ccc2c(c1)NC(=S)CO2. The Hall–Kier alpha value is -1.03. The molecule has 0 aromatic heterocycles. The van der Waals surface area contributed by atoms with Crippen molar-refractivity contribution in [2.24, 2.45) is 0 Å². The van der Waals surface area contributed by atoms with Crippen molar-refractivity contribution in [1.82, 2.24) is 0 Å². The number of nitrogens with one attached hydrogen (secondary N) is 1. The van der Waals surface area contributed by atoms with Crippen LogP contribution in [0.15, 0.2) is 18.2 Å². The fraction of sp³-hybridized carbons (Fsp3) is 0.125. The Morgan fingerprint density at radius 1 is 1.50 bits per heavy atom. The molecule has 1 heterocycles. The summed E-state index contributed by atoms with van der Waals surface area (Å²) in [6.07, 6.45) is 0. The molecule has 58 valence electrons. The molecule has 0 saturated carbocycles. The van der Waals surface area contributed by atoms with Crippen LogP contribution < -0.4 is 15.5 Å². The molecule has 4 heteroatoms.